The average molecular weight is 167 g/mol. The molecule has 0 heterocycles. The molecule has 2 N–H and O–H groups in total. The summed E-state index contributed by atoms with van der Waals surface area (Å²) in [5.41, 5.74) is 6.14. The summed E-state index contributed by atoms with van der Waals surface area (Å²) in [5, 5.41) is 0. The standard InChI is InChI=1S/C11H21N/c1-2-8-6-7-11(12)10-5-3-4-9(8)10/h8-11H,2-7,12H2,1H3. The predicted octanol–water partition coefficient (Wildman–Crippen LogP) is 2.55. The quantitative estimate of drug-likeness (QED) is 0.638. The van der Waals surface area contributed by atoms with Crippen LogP contribution in [0.4, 0.5) is 0 Å². The van der Waals surface area contributed by atoms with E-state index >= 15 is 0 Å². The Morgan fingerprint density at radius 3 is 2.58 bits per heavy atom. The lowest BCUT2D eigenvalue weighted by Crippen LogP contribution is -2.39. The molecule has 0 spiro atoms. The molecular formula is C11H21N. The molecule has 4 unspecified atom stereocenters. The molecule has 12 heavy (non-hydrogen) atoms. The lowest BCUT2D eigenvalue weighted by atomic mass is 9.70. The van der Waals surface area contributed by atoms with Crippen LogP contribution in [0.2, 0.25) is 0 Å². The van der Waals surface area contributed by atoms with Gasteiger partial charge in [-0.15, -0.1) is 0 Å². The van der Waals surface area contributed by atoms with E-state index in [4.69, 9.17) is 5.73 Å². The third-order valence-electron chi connectivity index (χ3n) is 4.18. The number of fused-ring (bicyclic) bond motifs is 1. The van der Waals surface area contributed by atoms with Crippen molar-refractivity contribution in [3.8, 4) is 0 Å². The van der Waals surface area contributed by atoms with E-state index in [2.05, 4.69) is 6.92 Å². The molecule has 4 atom stereocenters. The summed E-state index contributed by atoms with van der Waals surface area (Å²) < 4.78 is 0. The van der Waals surface area contributed by atoms with Gasteiger partial charge in [-0.05, 0) is 43.4 Å². The highest BCUT2D eigenvalue weighted by Gasteiger charge is 2.39. The van der Waals surface area contributed by atoms with Crippen LogP contribution in [0.5, 0.6) is 0 Å². The van der Waals surface area contributed by atoms with E-state index in [0.29, 0.717) is 6.04 Å². The molecule has 2 rings (SSSR count). The van der Waals surface area contributed by atoms with Crippen molar-refractivity contribution in [2.24, 2.45) is 23.5 Å². The van der Waals surface area contributed by atoms with Crippen LogP contribution in [0, 0.1) is 17.8 Å². The second-order valence-corrected chi connectivity index (χ2v) is 4.67. The molecule has 0 amide bonds. The fourth-order valence-corrected chi connectivity index (χ4v) is 3.48. The summed E-state index contributed by atoms with van der Waals surface area (Å²) in [6, 6.07) is 0.542. The zero-order valence-corrected chi connectivity index (χ0v) is 8.13. The first-order valence-corrected chi connectivity index (χ1v) is 5.58. The smallest absolute Gasteiger partial charge is 0.00700 e. The minimum Gasteiger partial charge on any atom is -0.327 e. The summed E-state index contributed by atoms with van der Waals surface area (Å²) in [6.07, 6.45) is 8.41. The van der Waals surface area contributed by atoms with Gasteiger partial charge >= 0.3 is 0 Å². The van der Waals surface area contributed by atoms with E-state index in [-0.39, 0.29) is 0 Å². The minimum absolute atomic E-state index is 0.542. The normalized spacial score (nSPS) is 47.5. The Balaban J connectivity index is 2.06. The molecule has 0 aliphatic heterocycles. The monoisotopic (exact) mass is 167 g/mol. The largest absolute Gasteiger partial charge is 0.327 e. The van der Waals surface area contributed by atoms with E-state index in [9.17, 15) is 0 Å². The Kier molecular flexibility index (Phi) is 2.40. The lowest BCUT2D eigenvalue weighted by Gasteiger charge is -2.37. The van der Waals surface area contributed by atoms with Crippen molar-refractivity contribution in [3.63, 3.8) is 0 Å². The van der Waals surface area contributed by atoms with E-state index in [0.717, 1.165) is 17.8 Å². The van der Waals surface area contributed by atoms with E-state index < -0.39 is 0 Å². The number of nitrogens with two attached hydrogens (primary N) is 1. The fourth-order valence-electron chi connectivity index (χ4n) is 3.48. The molecule has 0 saturated heterocycles. The third-order valence-corrected chi connectivity index (χ3v) is 4.18. The van der Waals surface area contributed by atoms with Crippen molar-refractivity contribution < 1.29 is 0 Å². The first-order chi connectivity index (χ1) is 5.83. The van der Waals surface area contributed by atoms with Gasteiger partial charge in [0.2, 0.25) is 0 Å². The Morgan fingerprint density at radius 2 is 1.83 bits per heavy atom. The van der Waals surface area contributed by atoms with E-state index in [1.807, 2.05) is 0 Å². The fraction of sp³-hybridized carbons (Fsp3) is 1.00. The van der Waals surface area contributed by atoms with Gasteiger partial charge in [-0.2, -0.15) is 0 Å². The highest BCUT2D eigenvalue weighted by molar-refractivity contribution is 4.92. The molecule has 70 valence electrons. The van der Waals surface area contributed by atoms with Crippen molar-refractivity contribution in [2.75, 3.05) is 0 Å². The topological polar surface area (TPSA) is 26.0 Å². The Hall–Kier alpha value is -0.0400. The molecule has 1 nitrogen and oxygen atoms in total. The van der Waals surface area contributed by atoms with Crippen molar-refractivity contribution >= 4 is 0 Å². The number of hydrogen-bond acceptors (Lipinski definition) is 1. The summed E-state index contributed by atoms with van der Waals surface area (Å²) >= 11 is 0. The predicted molar refractivity (Wildman–Crippen MR) is 51.8 cm³/mol. The van der Waals surface area contributed by atoms with Crippen LogP contribution >= 0.6 is 0 Å². The molecule has 0 aromatic rings. The van der Waals surface area contributed by atoms with Crippen LogP contribution < -0.4 is 5.73 Å². The SMILES string of the molecule is CCC1CCC(N)C2CCCC12. The zero-order chi connectivity index (χ0) is 8.55. The van der Waals surface area contributed by atoms with Gasteiger partial charge < -0.3 is 5.73 Å². The summed E-state index contributed by atoms with van der Waals surface area (Å²) in [7, 11) is 0. The lowest BCUT2D eigenvalue weighted by molar-refractivity contribution is 0.154. The van der Waals surface area contributed by atoms with Crippen LogP contribution in [-0.4, -0.2) is 6.04 Å². The van der Waals surface area contributed by atoms with Crippen molar-refractivity contribution in [1.29, 1.82) is 0 Å². The average Bonchev–Trinajstić information content (AvgIpc) is 2.54. The molecule has 0 aromatic carbocycles. The zero-order valence-electron chi connectivity index (χ0n) is 8.13. The van der Waals surface area contributed by atoms with Crippen LogP contribution in [0.15, 0.2) is 0 Å². The van der Waals surface area contributed by atoms with Gasteiger partial charge in [0, 0.05) is 6.04 Å². The van der Waals surface area contributed by atoms with Crippen molar-refractivity contribution in [1.82, 2.24) is 0 Å². The maximum absolute atomic E-state index is 6.14. The molecule has 0 bridgehead atoms. The van der Waals surface area contributed by atoms with Crippen molar-refractivity contribution in [3.05, 3.63) is 0 Å². The molecule has 2 aliphatic rings. The molecule has 1 heteroatoms. The third kappa shape index (κ3) is 1.28. The number of hydrogen-bond donors (Lipinski definition) is 1. The second-order valence-electron chi connectivity index (χ2n) is 4.67. The van der Waals surface area contributed by atoms with Crippen LogP contribution in [0.25, 0.3) is 0 Å². The first-order valence-electron chi connectivity index (χ1n) is 5.58. The van der Waals surface area contributed by atoms with Crippen LogP contribution in [0.3, 0.4) is 0 Å². The molecule has 2 saturated carbocycles. The van der Waals surface area contributed by atoms with Gasteiger partial charge in [0.15, 0.2) is 0 Å². The Bertz CT molecular complexity index is 155. The molecular weight excluding hydrogens is 146 g/mol. The maximum Gasteiger partial charge on any atom is 0.00700 e. The van der Waals surface area contributed by atoms with Crippen LogP contribution in [0.1, 0.15) is 45.4 Å². The van der Waals surface area contributed by atoms with Crippen LogP contribution in [-0.2, 0) is 0 Å². The highest BCUT2D eigenvalue weighted by Crippen LogP contribution is 2.45. The number of rotatable bonds is 1. The molecule has 2 fully saturated rings. The molecule has 0 radical (unpaired) electrons. The summed E-state index contributed by atoms with van der Waals surface area (Å²) in [6.45, 7) is 2.34. The van der Waals surface area contributed by atoms with Gasteiger partial charge in [0.25, 0.3) is 0 Å². The Labute approximate surface area is 75.7 Å². The molecule has 0 aromatic heterocycles. The van der Waals surface area contributed by atoms with Gasteiger partial charge in [-0.25, -0.2) is 0 Å². The Morgan fingerprint density at radius 1 is 1.08 bits per heavy atom. The van der Waals surface area contributed by atoms with Gasteiger partial charge in [-0.1, -0.05) is 19.8 Å². The first kappa shape index (κ1) is 8.55. The van der Waals surface area contributed by atoms with Gasteiger partial charge in [-0.3, -0.25) is 0 Å². The highest BCUT2D eigenvalue weighted by atomic mass is 14.7. The van der Waals surface area contributed by atoms with Gasteiger partial charge in [0.1, 0.15) is 0 Å². The van der Waals surface area contributed by atoms with Gasteiger partial charge in [0.05, 0.1) is 0 Å². The van der Waals surface area contributed by atoms with Crippen molar-refractivity contribution in [2.45, 2.75) is 51.5 Å². The maximum atomic E-state index is 6.14. The summed E-state index contributed by atoms with van der Waals surface area (Å²) in [4.78, 5) is 0. The molecule has 2 aliphatic carbocycles. The summed E-state index contributed by atoms with van der Waals surface area (Å²) in [5.74, 6) is 2.90. The van der Waals surface area contributed by atoms with E-state index in [1.165, 1.54) is 38.5 Å². The van der Waals surface area contributed by atoms with E-state index in [1.54, 1.807) is 0 Å². The second kappa shape index (κ2) is 3.37. The minimum atomic E-state index is 0.542.